The van der Waals surface area contributed by atoms with Crippen molar-refractivity contribution in [2.45, 2.75) is 19.3 Å². The topological polar surface area (TPSA) is 43.4 Å². The Morgan fingerprint density at radius 3 is 2.70 bits per heavy atom. The third-order valence-electron chi connectivity index (χ3n) is 3.54. The van der Waals surface area contributed by atoms with E-state index in [-0.39, 0.29) is 24.1 Å². The van der Waals surface area contributed by atoms with Gasteiger partial charge < -0.3 is 4.74 Å². The molecular weight excluding hydrogens is 299 g/mol. The molecule has 0 aromatic heterocycles. The van der Waals surface area contributed by atoms with Gasteiger partial charge in [0.15, 0.2) is 5.78 Å². The van der Waals surface area contributed by atoms with Crippen LogP contribution in [0.2, 0.25) is 10.0 Å². The molecule has 2 atom stereocenters. The Balaban J connectivity index is 2.52. The van der Waals surface area contributed by atoms with Crippen LogP contribution in [0.1, 0.15) is 24.8 Å². The number of benzene rings is 1. The first kappa shape index (κ1) is 15.1. The summed E-state index contributed by atoms with van der Waals surface area (Å²) in [5.74, 6) is -1.24. The lowest BCUT2D eigenvalue weighted by Crippen LogP contribution is -2.30. The van der Waals surface area contributed by atoms with E-state index in [1.54, 1.807) is 25.1 Å². The number of carbonyl (C=O) groups excluding carboxylic acids is 2. The highest BCUT2D eigenvalue weighted by Crippen LogP contribution is 2.42. The van der Waals surface area contributed by atoms with Crippen molar-refractivity contribution in [3.63, 3.8) is 0 Å². The van der Waals surface area contributed by atoms with Crippen molar-refractivity contribution in [3.8, 4) is 0 Å². The number of allylic oxidation sites excluding steroid dienone is 1. The molecule has 0 bridgehead atoms. The summed E-state index contributed by atoms with van der Waals surface area (Å²) in [6.07, 6.45) is 1.72. The second kappa shape index (κ2) is 5.98. The van der Waals surface area contributed by atoms with Gasteiger partial charge in [-0.15, -0.1) is 0 Å². The van der Waals surface area contributed by atoms with Crippen molar-refractivity contribution in [1.29, 1.82) is 0 Å². The molecule has 0 saturated carbocycles. The van der Waals surface area contributed by atoms with Crippen molar-refractivity contribution >= 4 is 35.0 Å². The SMILES string of the molecule is COC(=O)C1C(C)=CC(=O)C[C@@H]1c1cccc(Cl)c1Cl. The van der Waals surface area contributed by atoms with Gasteiger partial charge in [-0.3, -0.25) is 9.59 Å². The van der Waals surface area contributed by atoms with E-state index in [4.69, 9.17) is 27.9 Å². The highest BCUT2D eigenvalue weighted by molar-refractivity contribution is 6.42. The Hall–Kier alpha value is -1.32. The van der Waals surface area contributed by atoms with Crippen LogP contribution in [0.3, 0.4) is 0 Å². The zero-order chi connectivity index (χ0) is 14.9. The number of rotatable bonds is 2. The van der Waals surface area contributed by atoms with Crippen LogP contribution in [0.5, 0.6) is 0 Å². The number of ketones is 1. The normalized spacial score (nSPS) is 22.4. The summed E-state index contributed by atoms with van der Waals surface area (Å²) in [6.45, 7) is 1.75. The predicted octanol–water partition coefficient (Wildman–Crippen LogP) is 3.79. The maximum Gasteiger partial charge on any atom is 0.313 e. The van der Waals surface area contributed by atoms with Crippen LogP contribution in [0.4, 0.5) is 0 Å². The number of carbonyl (C=O) groups is 2. The van der Waals surface area contributed by atoms with Crippen molar-refractivity contribution in [3.05, 3.63) is 45.5 Å². The van der Waals surface area contributed by atoms with Crippen LogP contribution in [0.15, 0.2) is 29.8 Å². The number of methoxy groups -OCH3 is 1. The third kappa shape index (κ3) is 2.74. The second-order valence-electron chi connectivity index (χ2n) is 4.81. The Kier molecular flexibility index (Phi) is 4.51. The third-order valence-corrected chi connectivity index (χ3v) is 4.37. The van der Waals surface area contributed by atoms with Crippen molar-refractivity contribution in [2.75, 3.05) is 7.11 Å². The quantitative estimate of drug-likeness (QED) is 0.780. The molecule has 20 heavy (non-hydrogen) atoms. The molecule has 1 aliphatic rings. The summed E-state index contributed by atoms with van der Waals surface area (Å²) < 4.78 is 4.85. The lowest BCUT2D eigenvalue weighted by atomic mass is 9.75. The molecule has 0 radical (unpaired) electrons. The minimum absolute atomic E-state index is 0.0244. The average Bonchev–Trinajstić information content (AvgIpc) is 2.40. The largest absolute Gasteiger partial charge is 0.469 e. The Morgan fingerprint density at radius 2 is 2.05 bits per heavy atom. The lowest BCUT2D eigenvalue weighted by Gasteiger charge is -2.29. The maximum absolute atomic E-state index is 12.0. The minimum atomic E-state index is -0.506. The first-order chi connectivity index (χ1) is 9.45. The van der Waals surface area contributed by atoms with Gasteiger partial charge in [0.1, 0.15) is 0 Å². The first-order valence-electron chi connectivity index (χ1n) is 6.18. The molecule has 1 aromatic rings. The maximum atomic E-state index is 12.0. The molecule has 0 heterocycles. The van der Waals surface area contributed by atoms with Gasteiger partial charge >= 0.3 is 5.97 Å². The van der Waals surface area contributed by atoms with E-state index < -0.39 is 5.92 Å². The van der Waals surface area contributed by atoms with Crippen LogP contribution in [0.25, 0.3) is 0 Å². The van der Waals surface area contributed by atoms with Gasteiger partial charge in [0, 0.05) is 12.3 Å². The fourth-order valence-electron chi connectivity index (χ4n) is 2.63. The van der Waals surface area contributed by atoms with Gasteiger partial charge in [-0.2, -0.15) is 0 Å². The summed E-state index contributed by atoms with van der Waals surface area (Å²) in [6, 6.07) is 5.23. The molecule has 0 saturated heterocycles. The van der Waals surface area contributed by atoms with Crippen molar-refractivity contribution < 1.29 is 14.3 Å². The first-order valence-corrected chi connectivity index (χ1v) is 6.94. The van der Waals surface area contributed by atoms with E-state index in [9.17, 15) is 9.59 Å². The van der Waals surface area contributed by atoms with E-state index in [1.807, 2.05) is 0 Å². The average molecular weight is 313 g/mol. The van der Waals surface area contributed by atoms with Gasteiger partial charge in [0.25, 0.3) is 0 Å². The molecule has 0 aliphatic heterocycles. The van der Waals surface area contributed by atoms with Gasteiger partial charge in [-0.05, 0) is 24.6 Å². The molecule has 1 aliphatic carbocycles. The molecule has 0 amide bonds. The van der Waals surface area contributed by atoms with Crippen LogP contribution in [-0.4, -0.2) is 18.9 Å². The smallest absolute Gasteiger partial charge is 0.313 e. The van der Waals surface area contributed by atoms with Gasteiger partial charge in [0.05, 0.1) is 23.1 Å². The molecule has 106 valence electrons. The summed E-state index contributed by atoms with van der Waals surface area (Å²) in [5, 5.41) is 0.794. The number of halogens is 2. The number of hydrogen-bond donors (Lipinski definition) is 0. The van der Waals surface area contributed by atoms with Crippen LogP contribution >= 0.6 is 23.2 Å². The summed E-state index contributed by atoms with van der Waals surface area (Å²) in [7, 11) is 1.34. The number of ether oxygens (including phenoxy) is 1. The zero-order valence-electron chi connectivity index (χ0n) is 11.2. The highest BCUT2D eigenvalue weighted by atomic mass is 35.5. The van der Waals surface area contributed by atoms with Crippen molar-refractivity contribution in [1.82, 2.24) is 0 Å². The summed E-state index contributed by atoms with van der Waals surface area (Å²) in [5.41, 5.74) is 1.39. The fourth-order valence-corrected chi connectivity index (χ4v) is 3.08. The highest BCUT2D eigenvalue weighted by Gasteiger charge is 2.37. The number of hydrogen-bond acceptors (Lipinski definition) is 3. The number of esters is 1. The Labute approximate surface area is 127 Å². The van der Waals surface area contributed by atoms with Crippen molar-refractivity contribution in [2.24, 2.45) is 5.92 Å². The molecule has 5 heteroatoms. The predicted molar refractivity (Wildman–Crippen MR) is 78.1 cm³/mol. The van der Waals surface area contributed by atoms with Gasteiger partial charge in [-0.25, -0.2) is 0 Å². The lowest BCUT2D eigenvalue weighted by molar-refractivity contribution is -0.145. The van der Waals surface area contributed by atoms with E-state index in [0.717, 1.165) is 0 Å². The van der Waals surface area contributed by atoms with E-state index >= 15 is 0 Å². The monoisotopic (exact) mass is 312 g/mol. The summed E-state index contributed by atoms with van der Waals surface area (Å²) >= 11 is 12.2. The Bertz CT molecular complexity index is 593. The molecule has 1 unspecified atom stereocenters. The molecule has 1 aromatic carbocycles. The summed E-state index contributed by atoms with van der Waals surface area (Å²) in [4.78, 5) is 23.8. The van der Waals surface area contributed by atoms with Crippen LogP contribution in [-0.2, 0) is 14.3 Å². The zero-order valence-corrected chi connectivity index (χ0v) is 12.7. The second-order valence-corrected chi connectivity index (χ2v) is 5.59. The van der Waals surface area contributed by atoms with E-state index in [0.29, 0.717) is 21.2 Å². The van der Waals surface area contributed by atoms with E-state index in [2.05, 4.69) is 0 Å². The molecule has 0 spiro atoms. The molecular formula is C15H14Cl2O3. The van der Waals surface area contributed by atoms with Gasteiger partial charge in [-0.1, -0.05) is 40.9 Å². The van der Waals surface area contributed by atoms with Crippen LogP contribution in [0, 0.1) is 5.92 Å². The molecule has 3 nitrogen and oxygen atoms in total. The molecule has 0 fully saturated rings. The van der Waals surface area contributed by atoms with Gasteiger partial charge in [0.2, 0.25) is 0 Å². The Morgan fingerprint density at radius 1 is 1.35 bits per heavy atom. The van der Waals surface area contributed by atoms with E-state index in [1.165, 1.54) is 13.2 Å². The standard InChI is InChI=1S/C15H14Cl2O3/c1-8-6-9(18)7-11(13(8)15(19)20-2)10-4-3-5-12(16)14(10)17/h3-6,11,13H,7H2,1-2H3/t11-,13?/m1/s1. The minimum Gasteiger partial charge on any atom is -0.469 e. The van der Waals surface area contributed by atoms with Crippen LogP contribution < -0.4 is 0 Å². The molecule has 2 rings (SSSR count). The fraction of sp³-hybridized carbons (Fsp3) is 0.333. The molecule has 0 N–H and O–H groups in total.